The third-order valence-corrected chi connectivity index (χ3v) is 3.59. The lowest BCUT2D eigenvalue weighted by molar-refractivity contribution is 0.789. The van der Waals surface area contributed by atoms with Crippen molar-refractivity contribution in [3.63, 3.8) is 0 Å². The van der Waals surface area contributed by atoms with Crippen LogP contribution in [0.5, 0.6) is 0 Å². The molecule has 1 unspecified atom stereocenters. The van der Waals surface area contributed by atoms with Gasteiger partial charge in [-0.15, -0.1) is 4.91 Å². The molecule has 1 atom stereocenters. The Morgan fingerprint density at radius 2 is 1.95 bits per heavy atom. The Labute approximate surface area is 125 Å². The van der Waals surface area contributed by atoms with Gasteiger partial charge in [-0.3, -0.25) is 0 Å². The van der Waals surface area contributed by atoms with Crippen LogP contribution in [-0.2, 0) is 0 Å². The van der Waals surface area contributed by atoms with Crippen LogP contribution in [0.15, 0.2) is 52.6 Å². The molecule has 6 heteroatoms. The van der Waals surface area contributed by atoms with Gasteiger partial charge in [-0.1, -0.05) is 47.5 Å². The highest BCUT2D eigenvalue weighted by molar-refractivity contribution is 6.36. The molecule has 0 amide bonds. The predicted molar refractivity (Wildman–Crippen MR) is 81.6 cm³/mol. The zero-order valence-corrected chi connectivity index (χ0v) is 11.7. The molecule has 0 bridgehead atoms. The highest BCUT2D eigenvalue weighted by Gasteiger charge is 2.25. The van der Waals surface area contributed by atoms with Crippen molar-refractivity contribution in [1.29, 1.82) is 0 Å². The van der Waals surface area contributed by atoms with Gasteiger partial charge in [0.2, 0.25) is 6.17 Å². The van der Waals surface area contributed by atoms with Crippen molar-refractivity contribution >= 4 is 34.7 Å². The van der Waals surface area contributed by atoms with E-state index in [1.54, 1.807) is 18.2 Å². The number of aliphatic imine (C=N–C) groups is 1. The quantitative estimate of drug-likeness (QED) is 0.822. The van der Waals surface area contributed by atoms with Gasteiger partial charge >= 0.3 is 0 Å². The number of benzene rings is 2. The van der Waals surface area contributed by atoms with Crippen LogP contribution in [0, 0.1) is 4.91 Å². The molecule has 1 heterocycles. The van der Waals surface area contributed by atoms with Crippen LogP contribution in [-0.4, -0.2) is 5.84 Å². The molecule has 100 valence electrons. The number of rotatable bonds is 2. The van der Waals surface area contributed by atoms with Gasteiger partial charge in [-0.2, -0.15) is 0 Å². The fourth-order valence-corrected chi connectivity index (χ4v) is 2.44. The summed E-state index contributed by atoms with van der Waals surface area (Å²) in [7, 11) is 0. The first kappa shape index (κ1) is 13.1. The van der Waals surface area contributed by atoms with E-state index in [1.807, 2.05) is 24.3 Å². The normalized spacial score (nSPS) is 16.5. The topological polar surface area (TPSA) is 53.8 Å². The maximum absolute atomic E-state index is 10.9. The Morgan fingerprint density at radius 1 is 1.15 bits per heavy atom. The number of nitroso groups, excluding NO2 is 1. The molecule has 1 N–H and O–H groups in total. The molecule has 3 rings (SSSR count). The SMILES string of the molecule is O=NC1N=C(Nc2cc(Cl)ccc2Cl)c2ccccc21. The van der Waals surface area contributed by atoms with E-state index in [-0.39, 0.29) is 0 Å². The van der Waals surface area contributed by atoms with Crippen LogP contribution in [0.1, 0.15) is 17.3 Å². The average molecular weight is 306 g/mol. The molecule has 0 spiro atoms. The second kappa shape index (κ2) is 5.23. The molecule has 1 aliphatic heterocycles. The average Bonchev–Trinajstić information content (AvgIpc) is 2.81. The highest BCUT2D eigenvalue weighted by Crippen LogP contribution is 2.32. The van der Waals surface area contributed by atoms with Crippen LogP contribution in [0.3, 0.4) is 0 Å². The van der Waals surface area contributed by atoms with Gasteiger partial charge in [-0.05, 0) is 23.4 Å². The van der Waals surface area contributed by atoms with Crippen molar-refractivity contribution in [1.82, 2.24) is 0 Å². The van der Waals surface area contributed by atoms with Crippen LogP contribution in [0.25, 0.3) is 0 Å². The molecule has 0 radical (unpaired) electrons. The summed E-state index contributed by atoms with van der Waals surface area (Å²) in [6.07, 6.45) is -0.716. The molecule has 0 aliphatic carbocycles. The minimum absolute atomic E-state index is 0.525. The Kier molecular flexibility index (Phi) is 3.42. The lowest BCUT2D eigenvalue weighted by Crippen LogP contribution is -2.11. The number of anilines is 1. The van der Waals surface area contributed by atoms with Gasteiger partial charge < -0.3 is 5.32 Å². The van der Waals surface area contributed by atoms with E-state index >= 15 is 0 Å². The lowest BCUT2D eigenvalue weighted by Gasteiger charge is -2.09. The number of nitrogens with one attached hydrogen (secondary N) is 1. The monoisotopic (exact) mass is 305 g/mol. The summed E-state index contributed by atoms with van der Waals surface area (Å²) in [6, 6.07) is 12.5. The number of hydrogen-bond acceptors (Lipinski definition) is 4. The largest absolute Gasteiger partial charge is 0.339 e. The third kappa shape index (κ3) is 2.28. The summed E-state index contributed by atoms with van der Waals surface area (Å²) >= 11 is 12.1. The molecule has 2 aromatic carbocycles. The van der Waals surface area contributed by atoms with E-state index in [1.165, 1.54) is 0 Å². The molecule has 0 fully saturated rings. The second-order valence-electron chi connectivity index (χ2n) is 4.29. The summed E-state index contributed by atoms with van der Waals surface area (Å²) in [4.78, 5) is 15.1. The summed E-state index contributed by atoms with van der Waals surface area (Å²) < 4.78 is 0. The first-order valence-electron chi connectivity index (χ1n) is 5.90. The van der Waals surface area contributed by atoms with Gasteiger partial charge in [0.15, 0.2) is 0 Å². The van der Waals surface area contributed by atoms with Crippen LogP contribution in [0.4, 0.5) is 5.69 Å². The molecule has 1 aliphatic rings. The van der Waals surface area contributed by atoms with E-state index in [0.29, 0.717) is 21.6 Å². The van der Waals surface area contributed by atoms with Crippen molar-refractivity contribution in [3.8, 4) is 0 Å². The summed E-state index contributed by atoms with van der Waals surface area (Å²) in [5.74, 6) is 0.564. The molecular formula is C14H9Cl2N3O. The van der Waals surface area contributed by atoms with Crippen molar-refractivity contribution in [3.05, 3.63) is 68.5 Å². The van der Waals surface area contributed by atoms with E-state index in [2.05, 4.69) is 15.5 Å². The minimum atomic E-state index is -0.716. The van der Waals surface area contributed by atoms with Gasteiger partial charge in [0.1, 0.15) is 5.84 Å². The van der Waals surface area contributed by atoms with Crippen molar-refractivity contribution < 1.29 is 0 Å². The standard InChI is InChI=1S/C14H9Cl2N3O/c15-8-5-6-11(16)12(7-8)17-13-9-3-1-2-4-10(9)14(18-13)19-20/h1-7,14H,(H,17,18). The van der Waals surface area contributed by atoms with Gasteiger partial charge in [0, 0.05) is 16.1 Å². The smallest absolute Gasteiger partial charge is 0.209 e. The first-order chi connectivity index (χ1) is 9.69. The van der Waals surface area contributed by atoms with Crippen molar-refractivity contribution in [2.75, 3.05) is 5.32 Å². The summed E-state index contributed by atoms with van der Waals surface area (Å²) in [5, 5.41) is 7.22. The van der Waals surface area contributed by atoms with Crippen LogP contribution >= 0.6 is 23.2 Å². The first-order valence-corrected chi connectivity index (χ1v) is 6.66. The predicted octanol–water partition coefficient (Wildman–Crippen LogP) is 4.63. The Morgan fingerprint density at radius 3 is 2.75 bits per heavy atom. The lowest BCUT2D eigenvalue weighted by atomic mass is 10.1. The minimum Gasteiger partial charge on any atom is -0.339 e. The molecule has 0 aromatic heterocycles. The van der Waals surface area contributed by atoms with E-state index in [0.717, 1.165) is 11.1 Å². The molecule has 2 aromatic rings. The van der Waals surface area contributed by atoms with E-state index < -0.39 is 6.17 Å². The summed E-state index contributed by atoms with van der Waals surface area (Å²) in [5.41, 5.74) is 2.26. The zero-order valence-electron chi connectivity index (χ0n) is 10.2. The number of hydrogen-bond donors (Lipinski definition) is 1. The third-order valence-electron chi connectivity index (χ3n) is 3.03. The van der Waals surface area contributed by atoms with Crippen molar-refractivity contribution in [2.24, 2.45) is 10.2 Å². The zero-order chi connectivity index (χ0) is 14.1. The fourth-order valence-electron chi connectivity index (χ4n) is 2.10. The van der Waals surface area contributed by atoms with Gasteiger partial charge in [-0.25, -0.2) is 4.99 Å². The fraction of sp³-hybridized carbons (Fsp3) is 0.0714. The molecule has 4 nitrogen and oxygen atoms in total. The van der Waals surface area contributed by atoms with Crippen LogP contribution in [0.2, 0.25) is 10.0 Å². The summed E-state index contributed by atoms with van der Waals surface area (Å²) in [6.45, 7) is 0. The van der Waals surface area contributed by atoms with Gasteiger partial charge in [0.05, 0.1) is 10.7 Å². The molecule has 0 saturated heterocycles. The Hall–Kier alpha value is -1.91. The second-order valence-corrected chi connectivity index (χ2v) is 5.14. The maximum atomic E-state index is 10.9. The molecular weight excluding hydrogens is 297 g/mol. The van der Waals surface area contributed by atoms with Crippen LogP contribution < -0.4 is 5.32 Å². The molecule has 20 heavy (non-hydrogen) atoms. The number of nitrogens with zero attached hydrogens (tertiary/aromatic N) is 2. The van der Waals surface area contributed by atoms with Crippen molar-refractivity contribution in [2.45, 2.75) is 6.17 Å². The Bertz CT molecular complexity index is 715. The number of halogens is 2. The Balaban J connectivity index is 1.99. The number of amidine groups is 1. The highest BCUT2D eigenvalue weighted by atomic mass is 35.5. The van der Waals surface area contributed by atoms with E-state index in [4.69, 9.17) is 23.2 Å². The molecule has 0 saturated carbocycles. The number of fused-ring (bicyclic) bond motifs is 1. The van der Waals surface area contributed by atoms with E-state index in [9.17, 15) is 4.91 Å². The van der Waals surface area contributed by atoms with Gasteiger partial charge in [0.25, 0.3) is 0 Å². The maximum Gasteiger partial charge on any atom is 0.209 e.